The van der Waals surface area contributed by atoms with Crippen LogP contribution in [0.15, 0.2) is 24.3 Å². The number of amides is 1. The van der Waals surface area contributed by atoms with Crippen molar-refractivity contribution in [1.82, 2.24) is 10.6 Å². The van der Waals surface area contributed by atoms with Gasteiger partial charge < -0.3 is 15.7 Å². The monoisotopic (exact) mass is 250 g/mol. The van der Waals surface area contributed by atoms with Gasteiger partial charge in [0.2, 0.25) is 5.91 Å². The van der Waals surface area contributed by atoms with Crippen molar-refractivity contribution in [1.29, 1.82) is 0 Å². The summed E-state index contributed by atoms with van der Waals surface area (Å²) in [6.07, 6.45) is 1.84. The highest BCUT2D eigenvalue weighted by atomic mass is 16.3. The van der Waals surface area contributed by atoms with Crippen LogP contribution < -0.4 is 10.6 Å². The minimum Gasteiger partial charge on any atom is -0.508 e. The lowest BCUT2D eigenvalue weighted by Crippen LogP contribution is -2.35. The van der Waals surface area contributed by atoms with Crippen molar-refractivity contribution in [2.24, 2.45) is 0 Å². The van der Waals surface area contributed by atoms with Crippen LogP contribution in [-0.2, 0) is 4.79 Å². The van der Waals surface area contributed by atoms with Crippen LogP contribution in [-0.4, -0.2) is 24.1 Å². The third kappa shape index (κ3) is 4.75. The van der Waals surface area contributed by atoms with E-state index in [4.69, 9.17) is 0 Å². The molecule has 0 bridgehead atoms. The van der Waals surface area contributed by atoms with E-state index in [1.165, 1.54) is 0 Å². The predicted octanol–water partition coefficient (Wildman–Crippen LogP) is 1.96. The summed E-state index contributed by atoms with van der Waals surface area (Å²) in [7, 11) is 0. The van der Waals surface area contributed by atoms with Gasteiger partial charge in [0.05, 0.1) is 6.54 Å². The lowest BCUT2D eigenvalue weighted by atomic mass is 10.0. The fourth-order valence-electron chi connectivity index (χ4n) is 1.75. The number of hydrogen-bond donors (Lipinski definition) is 3. The number of rotatable bonds is 7. The molecule has 0 heterocycles. The van der Waals surface area contributed by atoms with Gasteiger partial charge in [-0.25, -0.2) is 0 Å². The van der Waals surface area contributed by atoms with Crippen LogP contribution in [0.25, 0.3) is 0 Å². The zero-order valence-electron chi connectivity index (χ0n) is 11.1. The molecule has 1 amide bonds. The zero-order valence-corrected chi connectivity index (χ0v) is 11.1. The van der Waals surface area contributed by atoms with Crippen LogP contribution in [0.4, 0.5) is 0 Å². The first kappa shape index (κ1) is 14.5. The fraction of sp³-hybridized carbons (Fsp3) is 0.500. The van der Waals surface area contributed by atoms with E-state index in [2.05, 4.69) is 17.6 Å². The van der Waals surface area contributed by atoms with E-state index in [1.54, 1.807) is 12.1 Å². The minimum atomic E-state index is 0.0223. The minimum absolute atomic E-state index is 0.0223. The normalized spacial score (nSPS) is 12.1. The first-order valence-electron chi connectivity index (χ1n) is 6.46. The highest BCUT2D eigenvalue weighted by Crippen LogP contribution is 2.19. The highest BCUT2D eigenvalue weighted by molar-refractivity contribution is 5.77. The summed E-state index contributed by atoms with van der Waals surface area (Å²) in [4.78, 5) is 11.5. The summed E-state index contributed by atoms with van der Waals surface area (Å²) in [6.45, 7) is 5.13. The Morgan fingerprint density at radius 1 is 1.28 bits per heavy atom. The molecular formula is C14H22N2O2. The van der Waals surface area contributed by atoms with Crippen LogP contribution >= 0.6 is 0 Å². The number of phenolic OH excluding ortho intramolecular Hbond substituents is 1. The third-order valence-electron chi connectivity index (χ3n) is 2.78. The molecular weight excluding hydrogens is 228 g/mol. The molecule has 0 aliphatic heterocycles. The molecule has 0 radical (unpaired) electrons. The number of benzene rings is 1. The number of carbonyl (C=O) groups excluding carboxylic acids is 1. The Labute approximate surface area is 108 Å². The maximum Gasteiger partial charge on any atom is 0.233 e. The Bertz CT molecular complexity index is 363. The smallest absolute Gasteiger partial charge is 0.233 e. The molecule has 0 spiro atoms. The summed E-state index contributed by atoms with van der Waals surface area (Å²) in [5.74, 6) is 0.281. The molecule has 0 saturated carbocycles. The Morgan fingerprint density at radius 2 is 1.94 bits per heavy atom. The molecule has 0 aliphatic carbocycles. The summed E-state index contributed by atoms with van der Waals surface area (Å²) >= 11 is 0. The average Bonchev–Trinajstić information content (AvgIpc) is 2.39. The number of phenols is 1. The number of nitrogens with one attached hydrogen (secondary N) is 2. The van der Waals surface area contributed by atoms with Gasteiger partial charge in [0.15, 0.2) is 0 Å². The lowest BCUT2D eigenvalue weighted by molar-refractivity contribution is -0.120. The maximum atomic E-state index is 11.5. The second-order valence-electron chi connectivity index (χ2n) is 4.28. The van der Waals surface area contributed by atoms with E-state index in [0.717, 1.165) is 24.9 Å². The van der Waals surface area contributed by atoms with Crippen molar-refractivity contribution in [3.05, 3.63) is 29.8 Å². The van der Waals surface area contributed by atoms with Crippen LogP contribution in [0.1, 0.15) is 38.3 Å². The zero-order chi connectivity index (χ0) is 13.4. The van der Waals surface area contributed by atoms with E-state index in [9.17, 15) is 9.90 Å². The number of aromatic hydroxyl groups is 1. The number of carbonyl (C=O) groups is 1. The molecule has 0 fully saturated rings. The van der Waals surface area contributed by atoms with Crippen LogP contribution in [0.5, 0.6) is 5.75 Å². The Hall–Kier alpha value is -1.55. The topological polar surface area (TPSA) is 61.4 Å². The average molecular weight is 250 g/mol. The Balaban J connectivity index is 2.47. The van der Waals surface area contributed by atoms with Crippen molar-refractivity contribution in [3.63, 3.8) is 0 Å². The largest absolute Gasteiger partial charge is 0.508 e. The summed E-state index contributed by atoms with van der Waals surface area (Å²) in [6, 6.07) is 7.21. The van der Waals surface area contributed by atoms with E-state index in [0.29, 0.717) is 6.54 Å². The molecule has 1 atom stereocenters. The molecule has 1 aromatic rings. The second kappa shape index (κ2) is 7.71. The van der Waals surface area contributed by atoms with Gasteiger partial charge in [0, 0.05) is 12.6 Å². The first-order valence-corrected chi connectivity index (χ1v) is 6.46. The van der Waals surface area contributed by atoms with Gasteiger partial charge in [-0.05, 0) is 30.5 Å². The standard InChI is InChI=1S/C14H22N2O2/c1-3-9-15-14(18)10-16-13(4-2)11-5-7-12(17)8-6-11/h5-8,13,16-17H,3-4,9-10H2,1-2H3,(H,15,18). The molecule has 4 heteroatoms. The van der Waals surface area contributed by atoms with E-state index >= 15 is 0 Å². The quantitative estimate of drug-likeness (QED) is 0.693. The lowest BCUT2D eigenvalue weighted by Gasteiger charge is -2.17. The Morgan fingerprint density at radius 3 is 2.50 bits per heavy atom. The van der Waals surface area contributed by atoms with E-state index in [1.807, 2.05) is 19.1 Å². The molecule has 4 nitrogen and oxygen atoms in total. The molecule has 18 heavy (non-hydrogen) atoms. The SMILES string of the molecule is CCCNC(=O)CNC(CC)c1ccc(O)cc1. The van der Waals surface area contributed by atoms with Crippen LogP contribution in [0.3, 0.4) is 0 Å². The first-order chi connectivity index (χ1) is 8.67. The molecule has 1 rings (SSSR count). The van der Waals surface area contributed by atoms with Crippen molar-refractivity contribution >= 4 is 5.91 Å². The van der Waals surface area contributed by atoms with Crippen molar-refractivity contribution in [2.45, 2.75) is 32.7 Å². The van der Waals surface area contributed by atoms with Crippen molar-refractivity contribution in [2.75, 3.05) is 13.1 Å². The van der Waals surface area contributed by atoms with Crippen molar-refractivity contribution < 1.29 is 9.90 Å². The second-order valence-corrected chi connectivity index (χ2v) is 4.28. The molecule has 1 unspecified atom stereocenters. The van der Waals surface area contributed by atoms with E-state index in [-0.39, 0.29) is 17.7 Å². The van der Waals surface area contributed by atoms with Gasteiger partial charge >= 0.3 is 0 Å². The van der Waals surface area contributed by atoms with Gasteiger partial charge in [-0.2, -0.15) is 0 Å². The predicted molar refractivity (Wildman–Crippen MR) is 72.4 cm³/mol. The van der Waals surface area contributed by atoms with Crippen LogP contribution in [0.2, 0.25) is 0 Å². The number of hydrogen-bond acceptors (Lipinski definition) is 3. The van der Waals surface area contributed by atoms with Crippen molar-refractivity contribution in [3.8, 4) is 5.75 Å². The molecule has 0 saturated heterocycles. The van der Waals surface area contributed by atoms with Gasteiger partial charge in [0.1, 0.15) is 5.75 Å². The molecule has 0 aliphatic rings. The molecule has 1 aromatic carbocycles. The van der Waals surface area contributed by atoms with Gasteiger partial charge in [-0.3, -0.25) is 4.79 Å². The van der Waals surface area contributed by atoms with Crippen LogP contribution in [0, 0.1) is 0 Å². The third-order valence-corrected chi connectivity index (χ3v) is 2.78. The maximum absolute atomic E-state index is 11.5. The molecule has 0 aromatic heterocycles. The Kier molecular flexibility index (Phi) is 6.22. The van der Waals surface area contributed by atoms with Gasteiger partial charge in [-0.1, -0.05) is 26.0 Å². The fourth-order valence-corrected chi connectivity index (χ4v) is 1.75. The summed E-state index contributed by atoms with van der Waals surface area (Å²) in [5.41, 5.74) is 1.08. The van der Waals surface area contributed by atoms with E-state index < -0.39 is 0 Å². The van der Waals surface area contributed by atoms with Gasteiger partial charge in [-0.15, -0.1) is 0 Å². The van der Waals surface area contributed by atoms with Gasteiger partial charge in [0.25, 0.3) is 0 Å². The summed E-state index contributed by atoms with van der Waals surface area (Å²) in [5, 5.41) is 15.3. The molecule has 3 N–H and O–H groups in total. The molecule has 100 valence electrons. The highest BCUT2D eigenvalue weighted by Gasteiger charge is 2.10. The summed E-state index contributed by atoms with van der Waals surface area (Å²) < 4.78 is 0.